The van der Waals surface area contributed by atoms with E-state index >= 15 is 0 Å². The van der Waals surface area contributed by atoms with E-state index < -0.39 is 54.5 Å². The first-order valence-electron chi connectivity index (χ1n) is 12.8. The number of carbonyl (C=O) groups excluding carboxylic acids is 4. The van der Waals surface area contributed by atoms with Gasteiger partial charge in [0.25, 0.3) is 0 Å². The van der Waals surface area contributed by atoms with Gasteiger partial charge in [-0.05, 0) is 52.7 Å². The highest BCUT2D eigenvalue weighted by molar-refractivity contribution is 5.92. The summed E-state index contributed by atoms with van der Waals surface area (Å²) in [5.74, 6) is -0.994. The van der Waals surface area contributed by atoms with Gasteiger partial charge in [0.2, 0.25) is 0 Å². The molecule has 2 rings (SSSR count). The summed E-state index contributed by atoms with van der Waals surface area (Å²) >= 11 is 0. The molecule has 0 unspecified atom stereocenters. The highest BCUT2D eigenvalue weighted by Crippen LogP contribution is 2.22. The van der Waals surface area contributed by atoms with Gasteiger partial charge in [0, 0.05) is 13.0 Å². The van der Waals surface area contributed by atoms with Crippen LogP contribution in [0, 0.1) is 0 Å². The summed E-state index contributed by atoms with van der Waals surface area (Å²) in [5, 5.41) is 10.6. The van der Waals surface area contributed by atoms with Crippen molar-refractivity contribution in [2.24, 2.45) is 0 Å². The van der Waals surface area contributed by atoms with E-state index in [9.17, 15) is 24.3 Å². The molecule has 0 aliphatic heterocycles. The number of hydrogen-bond acceptors (Lipinski definition) is 9. The summed E-state index contributed by atoms with van der Waals surface area (Å²) in [4.78, 5) is 53.6. The van der Waals surface area contributed by atoms with Crippen molar-refractivity contribution >= 4 is 24.2 Å². The Labute approximate surface area is 234 Å². The van der Waals surface area contributed by atoms with Crippen molar-refractivity contribution in [2.75, 3.05) is 6.61 Å². The summed E-state index contributed by atoms with van der Waals surface area (Å²) in [5.41, 5.74) is -0.899. The Bertz CT molecular complexity index is 1100. The molecule has 0 aliphatic carbocycles. The Hall–Kier alpha value is -4.12. The van der Waals surface area contributed by atoms with Gasteiger partial charge >= 0.3 is 24.2 Å². The van der Waals surface area contributed by atoms with Crippen LogP contribution in [0.25, 0.3) is 0 Å². The van der Waals surface area contributed by atoms with Crippen LogP contribution in [0.15, 0.2) is 60.7 Å². The van der Waals surface area contributed by atoms with Crippen LogP contribution in [-0.4, -0.2) is 63.2 Å². The van der Waals surface area contributed by atoms with Crippen molar-refractivity contribution < 1.29 is 43.2 Å². The lowest BCUT2D eigenvalue weighted by molar-refractivity contribution is -0.157. The van der Waals surface area contributed by atoms with E-state index in [0.29, 0.717) is 16.1 Å². The maximum Gasteiger partial charge on any atom is 0.439 e. The molecule has 218 valence electrons. The topological polar surface area (TPSA) is 132 Å². The summed E-state index contributed by atoms with van der Waals surface area (Å²) < 4.78 is 21.6. The van der Waals surface area contributed by atoms with E-state index in [1.54, 1.807) is 102 Å². The van der Waals surface area contributed by atoms with Crippen molar-refractivity contribution in [3.63, 3.8) is 0 Å². The zero-order valence-electron chi connectivity index (χ0n) is 23.8. The summed E-state index contributed by atoms with van der Waals surface area (Å²) in [6.07, 6.45) is -4.22. The van der Waals surface area contributed by atoms with Crippen LogP contribution < -0.4 is 0 Å². The normalized spacial score (nSPS) is 12.1. The first-order chi connectivity index (χ1) is 18.7. The van der Waals surface area contributed by atoms with E-state index in [2.05, 4.69) is 0 Å². The Morgan fingerprint density at radius 3 is 1.52 bits per heavy atom. The van der Waals surface area contributed by atoms with Gasteiger partial charge in [-0.25, -0.2) is 19.2 Å². The fourth-order valence-corrected chi connectivity index (χ4v) is 3.28. The second-order valence-electron chi connectivity index (χ2n) is 10.8. The lowest BCUT2D eigenvalue weighted by Gasteiger charge is -2.37. The zero-order chi connectivity index (χ0) is 29.9. The van der Waals surface area contributed by atoms with Crippen LogP contribution in [0.1, 0.15) is 59.1 Å². The van der Waals surface area contributed by atoms with E-state index in [4.69, 9.17) is 18.9 Å². The van der Waals surface area contributed by atoms with E-state index in [-0.39, 0.29) is 18.2 Å². The number of benzene rings is 2. The number of nitrogens with zero attached hydrogens (tertiary/aromatic N) is 2. The van der Waals surface area contributed by atoms with Gasteiger partial charge in [0.1, 0.15) is 24.4 Å². The van der Waals surface area contributed by atoms with E-state index in [0.717, 1.165) is 0 Å². The number of amides is 3. The minimum atomic E-state index is -1.66. The molecule has 0 aromatic heterocycles. The van der Waals surface area contributed by atoms with Crippen LogP contribution in [0.3, 0.4) is 0 Å². The van der Waals surface area contributed by atoms with Gasteiger partial charge in [-0.2, -0.15) is 5.01 Å². The lowest BCUT2D eigenvalue weighted by Crippen LogP contribution is -2.61. The first kappa shape index (κ1) is 32.1. The minimum Gasteiger partial charge on any atom is -0.459 e. The SMILES string of the molecule is CC(C)(C)OC(=O)N(C(=O)OC(C)(C)C)N(C(=O)OCc1ccccc1)[C@@H](CCO)C(=O)OCc1ccccc1. The van der Waals surface area contributed by atoms with Gasteiger partial charge in [-0.1, -0.05) is 60.7 Å². The molecule has 0 bridgehead atoms. The monoisotopic (exact) mass is 558 g/mol. The number of hydrazine groups is 1. The number of rotatable bonds is 8. The maximum absolute atomic E-state index is 13.6. The summed E-state index contributed by atoms with van der Waals surface area (Å²) in [6.45, 7) is 8.40. The smallest absolute Gasteiger partial charge is 0.439 e. The van der Waals surface area contributed by atoms with Crippen molar-refractivity contribution in [3.8, 4) is 0 Å². The molecule has 1 atom stereocenters. The molecule has 0 saturated heterocycles. The van der Waals surface area contributed by atoms with E-state index in [1.165, 1.54) is 0 Å². The van der Waals surface area contributed by atoms with E-state index in [1.807, 2.05) is 0 Å². The fourth-order valence-electron chi connectivity index (χ4n) is 3.28. The molecule has 3 amide bonds. The van der Waals surface area contributed by atoms with Gasteiger partial charge in [-0.3, -0.25) is 0 Å². The molecular weight excluding hydrogens is 520 g/mol. The van der Waals surface area contributed by atoms with Crippen LogP contribution in [0.4, 0.5) is 14.4 Å². The van der Waals surface area contributed by atoms with Gasteiger partial charge in [-0.15, -0.1) is 5.01 Å². The van der Waals surface area contributed by atoms with Crippen molar-refractivity contribution in [2.45, 2.75) is 78.4 Å². The Morgan fingerprint density at radius 1 is 0.700 bits per heavy atom. The third-order valence-electron chi connectivity index (χ3n) is 4.93. The Kier molecular flexibility index (Phi) is 11.5. The number of hydrogen-bond donors (Lipinski definition) is 1. The van der Waals surface area contributed by atoms with Crippen LogP contribution >= 0.6 is 0 Å². The lowest BCUT2D eigenvalue weighted by atomic mass is 10.2. The van der Waals surface area contributed by atoms with Gasteiger partial charge in [0.05, 0.1) is 0 Å². The molecule has 11 heteroatoms. The largest absolute Gasteiger partial charge is 0.459 e. The van der Waals surface area contributed by atoms with Crippen LogP contribution in [-0.2, 0) is 37.0 Å². The number of esters is 1. The second-order valence-corrected chi connectivity index (χ2v) is 10.8. The fraction of sp³-hybridized carbons (Fsp3) is 0.448. The number of carbonyl (C=O) groups is 4. The molecule has 2 aromatic rings. The molecule has 11 nitrogen and oxygen atoms in total. The second kappa shape index (κ2) is 14.3. The number of aliphatic hydroxyl groups is 1. The molecule has 0 heterocycles. The Morgan fingerprint density at radius 2 is 1.12 bits per heavy atom. The summed E-state index contributed by atoms with van der Waals surface area (Å²) in [7, 11) is 0. The predicted molar refractivity (Wildman–Crippen MR) is 145 cm³/mol. The molecule has 0 spiro atoms. The molecule has 2 aromatic carbocycles. The van der Waals surface area contributed by atoms with Gasteiger partial charge in [0.15, 0.2) is 6.04 Å². The predicted octanol–water partition coefficient (Wildman–Crippen LogP) is 5.21. The van der Waals surface area contributed by atoms with Gasteiger partial charge < -0.3 is 24.1 Å². The third kappa shape index (κ3) is 10.6. The quantitative estimate of drug-likeness (QED) is 0.263. The number of imide groups is 1. The zero-order valence-corrected chi connectivity index (χ0v) is 23.8. The maximum atomic E-state index is 13.6. The highest BCUT2D eigenvalue weighted by Gasteiger charge is 2.45. The summed E-state index contributed by atoms with van der Waals surface area (Å²) in [6, 6.07) is 15.8. The minimum absolute atomic E-state index is 0.159. The first-order valence-corrected chi connectivity index (χ1v) is 12.8. The molecule has 0 saturated carbocycles. The molecule has 1 N–H and O–H groups in total. The van der Waals surface area contributed by atoms with Crippen molar-refractivity contribution in [3.05, 3.63) is 71.8 Å². The standard InChI is InChI=1S/C29H38N2O9/c1-28(2,3)39-26(35)31(27(36)40-29(4,5)6)30(25(34)38-20-22-15-11-8-12-16-22)23(17-18-32)24(33)37-19-21-13-9-7-10-14-21/h7-16,23,32H,17-20H2,1-6H3/t23-/m0/s1. The number of ether oxygens (including phenoxy) is 4. The molecule has 0 fully saturated rings. The van der Waals surface area contributed by atoms with Crippen molar-refractivity contribution in [1.82, 2.24) is 10.0 Å². The van der Waals surface area contributed by atoms with Crippen molar-refractivity contribution in [1.29, 1.82) is 0 Å². The number of aliphatic hydroxyl groups excluding tert-OH is 1. The average molecular weight is 559 g/mol. The molecule has 0 aliphatic rings. The molecular formula is C29H38N2O9. The Balaban J connectivity index is 2.52. The third-order valence-corrected chi connectivity index (χ3v) is 4.93. The van der Waals surface area contributed by atoms with Crippen LogP contribution in [0.2, 0.25) is 0 Å². The molecule has 0 radical (unpaired) electrons. The highest BCUT2D eigenvalue weighted by atomic mass is 16.6. The van der Waals surface area contributed by atoms with Crippen LogP contribution in [0.5, 0.6) is 0 Å². The molecule has 40 heavy (non-hydrogen) atoms. The average Bonchev–Trinajstić information content (AvgIpc) is 2.86.